The Bertz CT molecular complexity index is 1110. The molecule has 0 saturated carbocycles. The zero-order valence-corrected chi connectivity index (χ0v) is 18.9. The van der Waals surface area contributed by atoms with Crippen LogP contribution < -0.4 is 4.74 Å². The summed E-state index contributed by atoms with van der Waals surface area (Å²) in [5.41, 5.74) is 2.61. The van der Waals surface area contributed by atoms with Crippen molar-refractivity contribution in [3.05, 3.63) is 71.4 Å². The summed E-state index contributed by atoms with van der Waals surface area (Å²) >= 11 is 0. The molecule has 0 saturated heterocycles. The summed E-state index contributed by atoms with van der Waals surface area (Å²) in [6, 6.07) is 13.4. The molecule has 0 bridgehead atoms. The SMILES string of the molecule is CCO/N=C(/C)C(Cc1ccc(OCCc2nc(-c3cccc(F)c3)oc2C)cc1)C(=O)O. The summed E-state index contributed by atoms with van der Waals surface area (Å²) in [4.78, 5) is 21.0. The summed E-state index contributed by atoms with van der Waals surface area (Å²) < 4.78 is 24.9. The van der Waals surface area contributed by atoms with Crippen LogP contribution in [0.5, 0.6) is 5.75 Å². The summed E-state index contributed by atoms with van der Waals surface area (Å²) in [6.07, 6.45) is 0.833. The van der Waals surface area contributed by atoms with E-state index in [1.807, 2.05) is 19.1 Å². The smallest absolute Gasteiger partial charge is 0.312 e. The van der Waals surface area contributed by atoms with Crippen LogP contribution in [0.25, 0.3) is 11.5 Å². The van der Waals surface area contributed by atoms with Crippen LogP contribution in [0.3, 0.4) is 0 Å². The van der Waals surface area contributed by atoms with Crippen LogP contribution in [0.15, 0.2) is 58.1 Å². The molecule has 1 unspecified atom stereocenters. The number of halogens is 1. The van der Waals surface area contributed by atoms with Gasteiger partial charge in [0.1, 0.15) is 29.9 Å². The van der Waals surface area contributed by atoms with Crippen LogP contribution in [0.4, 0.5) is 4.39 Å². The van der Waals surface area contributed by atoms with Gasteiger partial charge in [-0.05, 0) is 63.1 Å². The molecule has 3 rings (SSSR count). The van der Waals surface area contributed by atoms with Crippen LogP contribution in [0.2, 0.25) is 0 Å². The molecule has 7 nitrogen and oxygen atoms in total. The van der Waals surface area contributed by atoms with Crippen LogP contribution in [-0.4, -0.2) is 35.0 Å². The number of hydrogen-bond donors (Lipinski definition) is 1. The van der Waals surface area contributed by atoms with Gasteiger partial charge in [-0.1, -0.05) is 23.4 Å². The molecule has 0 spiro atoms. The topological polar surface area (TPSA) is 94.2 Å². The molecule has 0 fully saturated rings. The van der Waals surface area contributed by atoms with Gasteiger partial charge in [-0.15, -0.1) is 0 Å². The fraction of sp³-hybridized carbons (Fsp3) is 0.320. The molecule has 174 valence electrons. The third kappa shape index (κ3) is 6.65. The van der Waals surface area contributed by atoms with Crippen molar-refractivity contribution in [2.45, 2.75) is 33.6 Å². The van der Waals surface area contributed by atoms with E-state index in [1.165, 1.54) is 12.1 Å². The van der Waals surface area contributed by atoms with Crippen molar-refractivity contribution in [2.75, 3.05) is 13.2 Å². The minimum absolute atomic E-state index is 0.305. The molecule has 8 heteroatoms. The van der Waals surface area contributed by atoms with Gasteiger partial charge in [-0.2, -0.15) is 0 Å². The minimum Gasteiger partial charge on any atom is -0.493 e. The molecule has 3 aromatic rings. The molecule has 2 aromatic carbocycles. The van der Waals surface area contributed by atoms with Gasteiger partial charge in [-0.25, -0.2) is 9.37 Å². The molecular weight excluding hydrogens is 427 g/mol. The Balaban J connectivity index is 1.56. The number of ether oxygens (including phenoxy) is 1. The van der Waals surface area contributed by atoms with E-state index in [1.54, 1.807) is 38.1 Å². The second-order valence-corrected chi connectivity index (χ2v) is 7.52. The van der Waals surface area contributed by atoms with E-state index in [4.69, 9.17) is 14.0 Å². The number of nitrogens with zero attached hydrogens (tertiary/aromatic N) is 2. The molecule has 1 atom stereocenters. The summed E-state index contributed by atoms with van der Waals surface area (Å²) in [5, 5.41) is 13.4. The van der Waals surface area contributed by atoms with Gasteiger partial charge in [0.25, 0.3) is 0 Å². The van der Waals surface area contributed by atoms with Crippen molar-refractivity contribution in [3.8, 4) is 17.2 Å². The van der Waals surface area contributed by atoms with E-state index in [2.05, 4.69) is 10.1 Å². The number of benzene rings is 2. The van der Waals surface area contributed by atoms with E-state index in [9.17, 15) is 14.3 Å². The normalized spacial score (nSPS) is 12.4. The number of aryl methyl sites for hydroxylation is 1. The Morgan fingerprint density at radius 1 is 1.24 bits per heavy atom. The van der Waals surface area contributed by atoms with Crippen LogP contribution in [-0.2, 0) is 22.5 Å². The lowest BCUT2D eigenvalue weighted by molar-refractivity contribution is -0.139. The van der Waals surface area contributed by atoms with Gasteiger partial charge in [0.2, 0.25) is 5.89 Å². The van der Waals surface area contributed by atoms with E-state index in [0.29, 0.717) is 54.7 Å². The lowest BCUT2D eigenvalue weighted by atomic mass is 9.95. The lowest BCUT2D eigenvalue weighted by Crippen LogP contribution is -2.24. The molecule has 33 heavy (non-hydrogen) atoms. The Morgan fingerprint density at radius 2 is 2.00 bits per heavy atom. The highest BCUT2D eigenvalue weighted by molar-refractivity contribution is 6.00. The number of carboxylic acid groups (broad SMARTS) is 1. The number of carbonyl (C=O) groups is 1. The second kappa shape index (κ2) is 11.3. The van der Waals surface area contributed by atoms with Crippen molar-refractivity contribution in [1.82, 2.24) is 4.98 Å². The van der Waals surface area contributed by atoms with E-state index >= 15 is 0 Å². The first-order valence-corrected chi connectivity index (χ1v) is 10.7. The highest BCUT2D eigenvalue weighted by Gasteiger charge is 2.22. The van der Waals surface area contributed by atoms with E-state index in [-0.39, 0.29) is 5.82 Å². The third-order valence-corrected chi connectivity index (χ3v) is 5.08. The average Bonchev–Trinajstić information content (AvgIpc) is 3.17. The van der Waals surface area contributed by atoms with Crippen molar-refractivity contribution in [1.29, 1.82) is 0 Å². The molecule has 0 amide bonds. The monoisotopic (exact) mass is 454 g/mol. The average molecular weight is 454 g/mol. The molecule has 1 heterocycles. The maximum absolute atomic E-state index is 13.4. The number of rotatable bonds is 11. The van der Waals surface area contributed by atoms with Crippen molar-refractivity contribution in [3.63, 3.8) is 0 Å². The maximum Gasteiger partial charge on any atom is 0.312 e. The number of carboxylic acids is 1. The molecule has 0 aliphatic heterocycles. The molecule has 0 aliphatic rings. The van der Waals surface area contributed by atoms with Gasteiger partial charge in [0.05, 0.1) is 18.0 Å². The first-order valence-electron chi connectivity index (χ1n) is 10.7. The van der Waals surface area contributed by atoms with Gasteiger partial charge in [0, 0.05) is 12.0 Å². The number of aromatic nitrogens is 1. The fourth-order valence-corrected chi connectivity index (χ4v) is 3.27. The standard InChI is InChI=1S/C25H27FN2O5/c1-4-32-28-16(2)22(25(29)30)14-18-8-10-21(11-9-18)31-13-12-23-17(3)33-24(27-23)19-6-5-7-20(26)15-19/h5-11,15,22H,4,12-14H2,1-3H3,(H,29,30)/b28-16-. The molecule has 1 N–H and O–H groups in total. The zero-order chi connectivity index (χ0) is 23.8. The summed E-state index contributed by atoms with van der Waals surface area (Å²) in [5.74, 6) is -0.345. The largest absolute Gasteiger partial charge is 0.493 e. The minimum atomic E-state index is -0.947. The maximum atomic E-state index is 13.4. The van der Waals surface area contributed by atoms with Gasteiger partial charge in [0.15, 0.2) is 0 Å². The van der Waals surface area contributed by atoms with Gasteiger partial charge < -0.3 is 19.1 Å². The molecule has 0 aliphatic carbocycles. The predicted molar refractivity (Wildman–Crippen MR) is 122 cm³/mol. The van der Waals surface area contributed by atoms with E-state index < -0.39 is 11.9 Å². The number of oxime groups is 1. The number of hydrogen-bond acceptors (Lipinski definition) is 6. The van der Waals surface area contributed by atoms with Crippen LogP contribution in [0.1, 0.15) is 30.9 Å². The van der Waals surface area contributed by atoms with Crippen molar-refractivity contribution < 1.29 is 28.3 Å². The second-order valence-electron chi connectivity index (χ2n) is 7.52. The van der Waals surface area contributed by atoms with Crippen LogP contribution in [0, 0.1) is 18.7 Å². The highest BCUT2D eigenvalue weighted by Crippen LogP contribution is 2.23. The molecule has 0 radical (unpaired) electrons. The predicted octanol–water partition coefficient (Wildman–Crippen LogP) is 5.07. The Kier molecular flexibility index (Phi) is 8.18. The zero-order valence-electron chi connectivity index (χ0n) is 18.9. The van der Waals surface area contributed by atoms with Crippen molar-refractivity contribution in [2.24, 2.45) is 11.1 Å². The first-order chi connectivity index (χ1) is 15.9. The number of oxazole rings is 1. The van der Waals surface area contributed by atoms with Gasteiger partial charge in [-0.3, -0.25) is 4.79 Å². The van der Waals surface area contributed by atoms with Crippen molar-refractivity contribution >= 4 is 11.7 Å². The summed E-state index contributed by atoms with van der Waals surface area (Å²) in [6.45, 7) is 6.02. The Morgan fingerprint density at radius 3 is 2.67 bits per heavy atom. The van der Waals surface area contributed by atoms with Crippen LogP contribution >= 0.6 is 0 Å². The molecule has 1 aromatic heterocycles. The highest BCUT2D eigenvalue weighted by atomic mass is 19.1. The molecular formula is C25H27FN2O5. The Hall–Kier alpha value is -3.68. The van der Waals surface area contributed by atoms with Gasteiger partial charge >= 0.3 is 5.97 Å². The third-order valence-electron chi connectivity index (χ3n) is 5.08. The quantitative estimate of drug-likeness (QED) is 0.321. The first kappa shape index (κ1) is 24.0. The fourth-order valence-electron chi connectivity index (χ4n) is 3.27. The lowest BCUT2D eigenvalue weighted by Gasteiger charge is -2.12. The number of aliphatic carboxylic acids is 1. The summed E-state index contributed by atoms with van der Waals surface area (Å²) in [7, 11) is 0. The Labute approximate surface area is 191 Å². The van der Waals surface area contributed by atoms with E-state index in [0.717, 1.165) is 11.3 Å².